The Bertz CT molecular complexity index is 484. The first-order chi connectivity index (χ1) is 9.56. The lowest BCUT2D eigenvalue weighted by Gasteiger charge is -2.35. The van der Waals surface area contributed by atoms with Gasteiger partial charge < -0.3 is 5.32 Å². The predicted molar refractivity (Wildman–Crippen MR) is 83.2 cm³/mol. The maximum absolute atomic E-state index is 12.3. The molecular weight excluding hydrogens is 318 g/mol. The van der Waals surface area contributed by atoms with Crippen LogP contribution in [0.1, 0.15) is 53.8 Å². The summed E-state index contributed by atoms with van der Waals surface area (Å²) in [5.74, 6) is -0.0357. The summed E-state index contributed by atoms with van der Waals surface area (Å²) in [5, 5.41) is 12.0. The number of alkyl halides is 1. The summed E-state index contributed by atoms with van der Waals surface area (Å²) in [6.07, 6.45) is 6.21. The average Bonchev–Trinajstić information content (AvgIpc) is 2.48. The van der Waals surface area contributed by atoms with Gasteiger partial charge in [-0.1, -0.05) is 35.2 Å². The van der Waals surface area contributed by atoms with Gasteiger partial charge in [-0.2, -0.15) is 10.2 Å². The van der Waals surface area contributed by atoms with Crippen molar-refractivity contribution in [2.75, 3.05) is 11.9 Å². The molecular formula is C15H22BrN3O. The lowest BCUT2D eigenvalue weighted by Crippen LogP contribution is -2.40. The van der Waals surface area contributed by atoms with Crippen molar-refractivity contribution in [1.82, 2.24) is 15.5 Å². The van der Waals surface area contributed by atoms with Gasteiger partial charge in [0, 0.05) is 11.9 Å². The number of nitrogens with one attached hydrogen (secondary N) is 1. The topological polar surface area (TPSA) is 54.9 Å². The third-order valence-electron chi connectivity index (χ3n) is 4.17. The minimum atomic E-state index is -0.0357. The molecule has 1 saturated carbocycles. The molecule has 0 radical (unpaired) electrons. The number of nitrogens with zero attached hydrogens (tertiary/aromatic N) is 2. The van der Waals surface area contributed by atoms with Crippen LogP contribution in [0.2, 0.25) is 0 Å². The van der Waals surface area contributed by atoms with E-state index in [4.69, 9.17) is 0 Å². The van der Waals surface area contributed by atoms with Crippen LogP contribution in [-0.4, -0.2) is 28.0 Å². The number of hydrogen-bond donors (Lipinski definition) is 1. The van der Waals surface area contributed by atoms with Crippen molar-refractivity contribution >= 4 is 21.8 Å². The maximum Gasteiger partial charge on any atom is 0.253 e. The van der Waals surface area contributed by atoms with Crippen LogP contribution < -0.4 is 5.32 Å². The average molecular weight is 340 g/mol. The summed E-state index contributed by atoms with van der Waals surface area (Å²) >= 11 is 3.63. The Hall–Kier alpha value is -0.970. The lowest BCUT2D eigenvalue weighted by atomic mass is 9.75. The van der Waals surface area contributed by atoms with Gasteiger partial charge in [-0.15, -0.1) is 0 Å². The molecule has 5 heteroatoms. The Balaban J connectivity index is 2.02. The number of hydrogen-bond acceptors (Lipinski definition) is 3. The van der Waals surface area contributed by atoms with Crippen LogP contribution in [0.25, 0.3) is 0 Å². The number of carbonyl (C=O) groups is 1. The second-order valence-electron chi connectivity index (χ2n) is 5.86. The highest BCUT2D eigenvalue weighted by Crippen LogP contribution is 2.37. The molecule has 4 nitrogen and oxygen atoms in total. The van der Waals surface area contributed by atoms with Crippen molar-refractivity contribution in [3.05, 3.63) is 23.0 Å². The number of amides is 1. The van der Waals surface area contributed by atoms with Crippen molar-refractivity contribution in [3.63, 3.8) is 0 Å². The van der Waals surface area contributed by atoms with Crippen LogP contribution in [0.5, 0.6) is 0 Å². The molecule has 1 heterocycles. The summed E-state index contributed by atoms with van der Waals surface area (Å²) in [5.41, 5.74) is 2.31. The summed E-state index contributed by atoms with van der Waals surface area (Å²) in [6, 6.07) is 1.80. The van der Waals surface area contributed by atoms with Gasteiger partial charge in [-0.3, -0.25) is 4.79 Å². The Labute approximate surface area is 128 Å². The normalized spacial score (nSPS) is 17.8. The molecule has 20 heavy (non-hydrogen) atoms. The zero-order chi connectivity index (χ0) is 14.6. The van der Waals surface area contributed by atoms with Crippen molar-refractivity contribution in [3.8, 4) is 0 Å². The molecule has 1 aromatic rings. The highest BCUT2D eigenvalue weighted by Gasteiger charge is 2.31. The highest BCUT2D eigenvalue weighted by atomic mass is 79.9. The molecule has 1 aromatic heterocycles. The summed E-state index contributed by atoms with van der Waals surface area (Å²) in [6.45, 7) is 4.41. The summed E-state index contributed by atoms with van der Waals surface area (Å²) in [7, 11) is 0. The molecule has 0 bridgehead atoms. The van der Waals surface area contributed by atoms with Crippen LogP contribution in [0.4, 0.5) is 0 Å². The van der Waals surface area contributed by atoms with Crippen LogP contribution in [-0.2, 0) is 0 Å². The van der Waals surface area contributed by atoms with Crippen molar-refractivity contribution in [2.45, 2.75) is 46.0 Å². The highest BCUT2D eigenvalue weighted by molar-refractivity contribution is 9.09. The van der Waals surface area contributed by atoms with E-state index in [0.29, 0.717) is 11.3 Å². The number of rotatable bonds is 4. The molecule has 110 valence electrons. The maximum atomic E-state index is 12.3. The van der Waals surface area contributed by atoms with Gasteiger partial charge in [0.15, 0.2) is 0 Å². The fraction of sp³-hybridized carbons (Fsp3) is 0.667. The molecule has 1 fully saturated rings. The number of carbonyl (C=O) groups excluding carboxylic acids is 1. The first-order valence-electron chi connectivity index (χ1n) is 7.21. The van der Waals surface area contributed by atoms with Crippen LogP contribution in [0, 0.1) is 19.3 Å². The SMILES string of the molecule is Cc1cc(C(=O)NCC2(CBr)CCCCC2)c(C)nn1. The largest absolute Gasteiger partial charge is 0.351 e. The molecule has 2 rings (SSSR count). The molecule has 0 spiro atoms. The van der Waals surface area contributed by atoms with Crippen molar-refractivity contribution in [1.29, 1.82) is 0 Å². The fourth-order valence-electron chi connectivity index (χ4n) is 2.80. The van der Waals surface area contributed by atoms with Gasteiger partial charge in [0.2, 0.25) is 0 Å². The summed E-state index contributed by atoms with van der Waals surface area (Å²) in [4.78, 5) is 12.3. The molecule has 1 aliphatic carbocycles. The number of halogens is 1. The Morgan fingerprint density at radius 3 is 2.65 bits per heavy atom. The van der Waals surface area contributed by atoms with Gasteiger partial charge in [-0.25, -0.2) is 0 Å². The Morgan fingerprint density at radius 1 is 1.30 bits per heavy atom. The minimum absolute atomic E-state index is 0.0357. The van der Waals surface area contributed by atoms with Crippen molar-refractivity contribution < 1.29 is 4.79 Å². The third-order valence-corrected chi connectivity index (χ3v) is 5.36. The predicted octanol–water partition coefficient (Wildman–Crippen LogP) is 3.17. The quantitative estimate of drug-likeness (QED) is 0.857. The van der Waals surface area contributed by atoms with E-state index in [1.54, 1.807) is 6.07 Å². The van der Waals surface area contributed by atoms with E-state index in [9.17, 15) is 4.79 Å². The van der Waals surface area contributed by atoms with E-state index in [-0.39, 0.29) is 11.3 Å². The Morgan fingerprint density at radius 2 is 2.00 bits per heavy atom. The van der Waals surface area contributed by atoms with Gasteiger partial charge in [0.05, 0.1) is 17.0 Å². The zero-order valence-electron chi connectivity index (χ0n) is 12.2. The van der Waals surface area contributed by atoms with Gasteiger partial charge in [0.25, 0.3) is 5.91 Å². The second-order valence-corrected chi connectivity index (χ2v) is 6.42. The first kappa shape index (κ1) is 15.4. The molecule has 0 unspecified atom stereocenters. The third kappa shape index (κ3) is 3.57. The van der Waals surface area contributed by atoms with Crippen LogP contribution >= 0.6 is 15.9 Å². The molecule has 1 aliphatic rings. The smallest absolute Gasteiger partial charge is 0.253 e. The standard InChI is InChI=1S/C15H22BrN3O/c1-11-8-13(12(2)19-18-11)14(20)17-10-15(9-16)6-4-3-5-7-15/h8H,3-7,9-10H2,1-2H3,(H,17,20). The zero-order valence-corrected chi connectivity index (χ0v) is 13.8. The number of aromatic nitrogens is 2. The van der Waals surface area contributed by atoms with Gasteiger partial charge in [0.1, 0.15) is 0 Å². The minimum Gasteiger partial charge on any atom is -0.351 e. The first-order valence-corrected chi connectivity index (χ1v) is 8.34. The number of aryl methyl sites for hydroxylation is 2. The molecule has 0 saturated heterocycles. The second kappa shape index (κ2) is 6.66. The van der Waals surface area contributed by atoms with Crippen molar-refractivity contribution in [2.24, 2.45) is 5.41 Å². The summed E-state index contributed by atoms with van der Waals surface area (Å²) < 4.78 is 0. The van der Waals surface area contributed by atoms with E-state index in [1.807, 2.05) is 13.8 Å². The molecule has 0 aromatic carbocycles. The van der Waals surface area contributed by atoms with E-state index in [1.165, 1.54) is 32.1 Å². The Kier molecular flexibility index (Phi) is 5.13. The van der Waals surface area contributed by atoms with E-state index >= 15 is 0 Å². The lowest BCUT2D eigenvalue weighted by molar-refractivity contribution is 0.0920. The van der Waals surface area contributed by atoms with Crippen LogP contribution in [0.15, 0.2) is 6.07 Å². The molecule has 1 N–H and O–H groups in total. The molecule has 0 atom stereocenters. The molecule has 1 amide bonds. The van der Waals surface area contributed by atoms with E-state index < -0.39 is 0 Å². The van der Waals surface area contributed by atoms with Gasteiger partial charge in [-0.05, 0) is 38.2 Å². The van der Waals surface area contributed by atoms with E-state index in [2.05, 4.69) is 31.4 Å². The van der Waals surface area contributed by atoms with Crippen LogP contribution in [0.3, 0.4) is 0 Å². The monoisotopic (exact) mass is 339 g/mol. The molecule has 0 aliphatic heterocycles. The fourth-order valence-corrected chi connectivity index (χ4v) is 3.56. The van der Waals surface area contributed by atoms with E-state index in [0.717, 1.165) is 17.6 Å². The van der Waals surface area contributed by atoms with Gasteiger partial charge >= 0.3 is 0 Å².